The molecule has 1 aromatic rings. The summed E-state index contributed by atoms with van der Waals surface area (Å²) in [6, 6.07) is 3.68. The quantitative estimate of drug-likeness (QED) is 0.780. The molecule has 1 amide bonds. The number of carbonyl (C=O) groups excluding carboxylic acids is 1. The van der Waals surface area contributed by atoms with Crippen molar-refractivity contribution in [3.8, 4) is 0 Å². The van der Waals surface area contributed by atoms with Crippen molar-refractivity contribution in [3.05, 3.63) is 30.1 Å². The van der Waals surface area contributed by atoms with Gasteiger partial charge in [0.15, 0.2) is 0 Å². The minimum absolute atomic E-state index is 0.00734. The maximum Gasteiger partial charge on any atom is 0.224 e. The van der Waals surface area contributed by atoms with Gasteiger partial charge in [0.05, 0.1) is 6.42 Å². The SMILES string of the molecule is CCC(N)(CC)CNC(=O)Cc1ccncc1. The maximum atomic E-state index is 11.7. The Balaban J connectivity index is 2.41. The molecule has 1 heterocycles. The molecule has 0 atom stereocenters. The zero-order chi connectivity index (χ0) is 12.7. The van der Waals surface area contributed by atoms with Gasteiger partial charge in [0.2, 0.25) is 5.91 Å². The van der Waals surface area contributed by atoms with Gasteiger partial charge in [-0.2, -0.15) is 0 Å². The fraction of sp³-hybridized carbons (Fsp3) is 0.538. The van der Waals surface area contributed by atoms with Crippen LogP contribution in [-0.4, -0.2) is 23.0 Å². The lowest BCUT2D eigenvalue weighted by Gasteiger charge is -2.26. The summed E-state index contributed by atoms with van der Waals surface area (Å²) in [5, 5.41) is 2.89. The monoisotopic (exact) mass is 235 g/mol. The highest BCUT2D eigenvalue weighted by atomic mass is 16.1. The fourth-order valence-electron chi connectivity index (χ4n) is 1.52. The van der Waals surface area contributed by atoms with Crippen LogP contribution in [0.1, 0.15) is 32.3 Å². The Kier molecular flexibility index (Phi) is 5.10. The predicted molar refractivity (Wildman–Crippen MR) is 68.5 cm³/mol. The van der Waals surface area contributed by atoms with Crippen LogP contribution in [0.25, 0.3) is 0 Å². The Bertz CT molecular complexity index is 347. The van der Waals surface area contributed by atoms with E-state index in [4.69, 9.17) is 5.73 Å². The highest BCUT2D eigenvalue weighted by molar-refractivity contribution is 5.78. The summed E-state index contributed by atoms with van der Waals surface area (Å²) >= 11 is 0. The Hall–Kier alpha value is -1.42. The van der Waals surface area contributed by atoms with Gasteiger partial charge in [0.1, 0.15) is 0 Å². The Morgan fingerprint density at radius 1 is 1.35 bits per heavy atom. The van der Waals surface area contributed by atoms with Crippen LogP contribution in [0.4, 0.5) is 0 Å². The third kappa shape index (κ3) is 4.53. The van der Waals surface area contributed by atoms with Gasteiger partial charge in [-0.3, -0.25) is 9.78 Å². The molecule has 4 nitrogen and oxygen atoms in total. The number of hydrogen-bond donors (Lipinski definition) is 2. The Labute approximate surface area is 103 Å². The molecule has 0 aliphatic carbocycles. The second-order valence-electron chi connectivity index (χ2n) is 4.38. The van der Waals surface area contributed by atoms with Crippen LogP contribution in [0.5, 0.6) is 0 Å². The summed E-state index contributed by atoms with van der Waals surface area (Å²) in [7, 11) is 0. The highest BCUT2D eigenvalue weighted by Gasteiger charge is 2.20. The number of hydrogen-bond acceptors (Lipinski definition) is 3. The van der Waals surface area contributed by atoms with Crippen LogP contribution in [0, 0.1) is 0 Å². The number of pyridine rings is 1. The largest absolute Gasteiger partial charge is 0.354 e. The summed E-state index contributed by atoms with van der Waals surface area (Å²) in [4.78, 5) is 15.6. The molecule has 0 aliphatic rings. The van der Waals surface area contributed by atoms with Crippen molar-refractivity contribution in [2.75, 3.05) is 6.54 Å². The third-order valence-corrected chi connectivity index (χ3v) is 3.16. The molecule has 0 saturated heterocycles. The van der Waals surface area contributed by atoms with Crippen molar-refractivity contribution in [3.63, 3.8) is 0 Å². The van der Waals surface area contributed by atoms with E-state index in [0.29, 0.717) is 13.0 Å². The normalized spacial score (nSPS) is 11.2. The summed E-state index contributed by atoms with van der Waals surface area (Å²) in [6.07, 6.45) is 5.48. The average molecular weight is 235 g/mol. The van der Waals surface area contributed by atoms with Gasteiger partial charge in [0, 0.05) is 24.5 Å². The van der Waals surface area contributed by atoms with E-state index < -0.39 is 0 Å². The molecule has 3 N–H and O–H groups in total. The number of aromatic nitrogens is 1. The van der Waals surface area contributed by atoms with Crippen molar-refractivity contribution in [1.29, 1.82) is 0 Å². The first-order chi connectivity index (χ1) is 8.09. The first-order valence-corrected chi connectivity index (χ1v) is 6.04. The van der Waals surface area contributed by atoms with Crippen molar-refractivity contribution >= 4 is 5.91 Å². The van der Waals surface area contributed by atoms with Gasteiger partial charge >= 0.3 is 0 Å². The number of amides is 1. The number of rotatable bonds is 6. The molecule has 1 rings (SSSR count). The first kappa shape index (κ1) is 13.6. The minimum atomic E-state index is -0.284. The molecule has 1 aromatic heterocycles. The first-order valence-electron chi connectivity index (χ1n) is 6.04. The van der Waals surface area contributed by atoms with Crippen molar-refractivity contribution in [2.24, 2.45) is 5.73 Å². The number of nitrogens with one attached hydrogen (secondary N) is 1. The molecule has 0 aromatic carbocycles. The molecular weight excluding hydrogens is 214 g/mol. The van der Waals surface area contributed by atoms with Crippen molar-refractivity contribution in [2.45, 2.75) is 38.6 Å². The Morgan fingerprint density at radius 3 is 2.47 bits per heavy atom. The van der Waals surface area contributed by atoms with E-state index in [1.54, 1.807) is 12.4 Å². The van der Waals surface area contributed by atoms with Gasteiger partial charge in [-0.1, -0.05) is 13.8 Å². The van der Waals surface area contributed by atoms with E-state index in [-0.39, 0.29) is 11.4 Å². The Morgan fingerprint density at radius 2 is 1.94 bits per heavy atom. The van der Waals surface area contributed by atoms with Crippen molar-refractivity contribution < 1.29 is 4.79 Å². The molecule has 17 heavy (non-hydrogen) atoms. The highest BCUT2D eigenvalue weighted by Crippen LogP contribution is 2.09. The van der Waals surface area contributed by atoms with Crippen LogP contribution in [-0.2, 0) is 11.2 Å². The molecule has 94 valence electrons. The summed E-state index contributed by atoms with van der Waals surface area (Å²) < 4.78 is 0. The van der Waals surface area contributed by atoms with Crippen LogP contribution in [0.2, 0.25) is 0 Å². The lowest BCUT2D eigenvalue weighted by Crippen LogP contribution is -2.49. The number of nitrogens with zero attached hydrogens (tertiary/aromatic N) is 1. The molecule has 0 fully saturated rings. The van der Waals surface area contributed by atoms with Crippen molar-refractivity contribution in [1.82, 2.24) is 10.3 Å². The topological polar surface area (TPSA) is 68.0 Å². The van der Waals surface area contributed by atoms with E-state index in [9.17, 15) is 4.79 Å². The standard InChI is InChI=1S/C13H21N3O/c1-3-13(14,4-2)10-16-12(17)9-11-5-7-15-8-6-11/h5-8H,3-4,9-10,14H2,1-2H3,(H,16,17). The third-order valence-electron chi connectivity index (χ3n) is 3.16. The lowest BCUT2D eigenvalue weighted by atomic mass is 9.94. The van der Waals surface area contributed by atoms with Crippen LogP contribution < -0.4 is 11.1 Å². The smallest absolute Gasteiger partial charge is 0.224 e. The van der Waals surface area contributed by atoms with E-state index >= 15 is 0 Å². The molecule has 0 saturated carbocycles. The summed E-state index contributed by atoms with van der Waals surface area (Å²) in [6.45, 7) is 4.61. The van der Waals surface area contributed by atoms with Crippen LogP contribution in [0.3, 0.4) is 0 Å². The maximum absolute atomic E-state index is 11.7. The minimum Gasteiger partial charge on any atom is -0.354 e. The molecule has 4 heteroatoms. The molecule has 0 unspecified atom stereocenters. The zero-order valence-corrected chi connectivity index (χ0v) is 10.6. The van der Waals surface area contributed by atoms with E-state index in [2.05, 4.69) is 10.3 Å². The summed E-state index contributed by atoms with van der Waals surface area (Å²) in [5.74, 6) is 0.00734. The number of nitrogens with two attached hydrogens (primary N) is 1. The second kappa shape index (κ2) is 6.35. The molecular formula is C13H21N3O. The van der Waals surface area contributed by atoms with Gasteiger partial charge in [-0.25, -0.2) is 0 Å². The summed E-state index contributed by atoms with van der Waals surface area (Å²) in [5.41, 5.74) is 6.80. The molecule has 0 aliphatic heterocycles. The lowest BCUT2D eigenvalue weighted by molar-refractivity contribution is -0.120. The zero-order valence-electron chi connectivity index (χ0n) is 10.6. The van der Waals surface area contributed by atoms with Gasteiger partial charge in [0.25, 0.3) is 0 Å². The van der Waals surface area contributed by atoms with E-state index in [1.807, 2.05) is 26.0 Å². The second-order valence-corrected chi connectivity index (χ2v) is 4.38. The fourth-order valence-corrected chi connectivity index (χ4v) is 1.52. The van der Waals surface area contributed by atoms with Crippen LogP contribution >= 0.6 is 0 Å². The molecule has 0 bridgehead atoms. The van der Waals surface area contributed by atoms with Crippen LogP contribution in [0.15, 0.2) is 24.5 Å². The van der Waals surface area contributed by atoms with Gasteiger partial charge < -0.3 is 11.1 Å². The molecule has 0 spiro atoms. The predicted octanol–water partition coefficient (Wildman–Crippen LogP) is 1.26. The van der Waals surface area contributed by atoms with E-state index in [1.165, 1.54) is 0 Å². The van der Waals surface area contributed by atoms with Gasteiger partial charge in [-0.15, -0.1) is 0 Å². The van der Waals surface area contributed by atoms with E-state index in [0.717, 1.165) is 18.4 Å². The molecule has 0 radical (unpaired) electrons. The number of carbonyl (C=O) groups is 1. The average Bonchev–Trinajstić information content (AvgIpc) is 2.37. The van der Waals surface area contributed by atoms with Gasteiger partial charge in [-0.05, 0) is 30.5 Å².